The normalized spacial score (nSPS) is 17.1. The summed E-state index contributed by atoms with van der Waals surface area (Å²) >= 11 is 0. The summed E-state index contributed by atoms with van der Waals surface area (Å²) in [4.78, 5) is 13.7. The van der Waals surface area contributed by atoms with E-state index in [1.807, 2.05) is 25.2 Å². The Kier molecular flexibility index (Phi) is 5.70. The fourth-order valence-electron chi connectivity index (χ4n) is 4.82. The van der Waals surface area contributed by atoms with Crippen LogP contribution < -0.4 is 15.5 Å². The van der Waals surface area contributed by atoms with Gasteiger partial charge in [-0.25, -0.2) is 4.98 Å². The lowest BCUT2D eigenvalue weighted by Crippen LogP contribution is -2.43. The summed E-state index contributed by atoms with van der Waals surface area (Å²) in [7, 11) is 3.84. The number of piperazine rings is 1. The van der Waals surface area contributed by atoms with Crippen LogP contribution in [-0.4, -0.2) is 65.5 Å². The molecular weight excluding hydrogens is 400 g/mol. The Morgan fingerprint density at radius 2 is 1.84 bits per heavy atom. The van der Waals surface area contributed by atoms with Gasteiger partial charge in [0.05, 0.1) is 5.69 Å². The number of hydrogen-bond acceptors (Lipinski definition) is 6. The van der Waals surface area contributed by atoms with Crippen LogP contribution >= 0.6 is 0 Å². The Labute approximate surface area is 189 Å². The van der Waals surface area contributed by atoms with Crippen LogP contribution in [0.15, 0.2) is 36.5 Å². The first kappa shape index (κ1) is 20.8. The highest BCUT2D eigenvalue weighted by Gasteiger charge is 2.25. The molecular formula is C24H32N8. The van der Waals surface area contributed by atoms with E-state index >= 15 is 0 Å². The van der Waals surface area contributed by atoms with Gasteiger partial charge in [-0.3, -0.25) is 5.41 Å². The monoisotopic (exact) mass is 432 g/mol. The van der Waals surface area contributed by atoms with Crippen LogP contribution in [-0.2, 0) is 0 Å². The molecule has 1 saturated carbocycles. The smallest absolute Gasteiger partial charge is 0.229 e. The van der Waals surface area contributed by atoms with Gasteiger partial charge in [-0.15, -0.1) is 0 Å². The summed E-state index contributed by atoms with van der Waals surface area (Å²) in [5, 5.41) is 16.3. The van der Waals surface area contributed by atoms with Crippen LogP contribution in [0.5, 0.6) is 0 Å². The highest BCUT2D eigenvalue weighted by Crippen LogP contribution is 2.35. The van der Waals surface area contributed by atoms with E-state index in [2.05, 4.69) is 55.4 Å². The number of fused-ring (bicyclic) bond motifs is 1. The van der Waals surface area contributed by atoms with Crippen LogP contribution in [0.3, 0.4) is 0 Å². The minimum absolute atomic E-state index is 0.392. The highest BCUT2D eigenvalue weighted by atomic mass is 15.2. The molecule has 2 aromatic heterocycles. The van der Waals surface area contributed by atoms with Gasteiger partial charge in [-0.1, -0.05) is 12.8 Å². The van der Waals surface area contributed by atoms with Gasteiger partial charge >= 0.3 is 0 Å². The minimum Gasteiger partial charge on any atom is -0.369 e. The minimum atomic E-state index is 0.392. The number of anilines is 3. The summed E-state index contributed by atoms with van der Waals surface area (Å²) < 4.78 is 2.27. The Morgan fingerprint density at radius 3 is 2.53 bits per heavy atom. The average Bonchev–Trinajstić information content (AvgIpc) is 3.47. The van der Waals surface area contributed by atoms with Crippen molar-refractivity contribution in [1.82, 2.24) is 24.8 Å². The average molecular weight is 433 g/mol. The molecule has 32 heavy (non-hydrogen) atoms. The molecule has 8 nitrogen and oxygen atoms in total. The van der Waals surface area contributed by atoms with Gasteiger partial charge < -0.3 is 25.0 Å². The third-order valence-corrected chi connectivity index (χ3v) is 6.56. The van der Waals surface area contributed by atoms with Crippen molar-refractivity contribution < 1.29 is 0 Å². The number of nitrogens with one attached hydrogen (secondary N) is 3. The van der Waals surface area contributed by atoms with Gasteiger partial charge in [0.25, 0.3) is 0 Å². The number of rotatable bonds is 5. The molecule has 1 aliphatic heterocycles. The predicted molar refractivity (Wildman–Crippen MR) is 130 cm³/mol. The summed E-state index contributed by atoms with van der Waals surface area (Å²) in [6, 6.07) is 10.9. The molecule has 0 atom stereocenters. The number of aromatic nitrogens is 3. The Balaban J connectivity index is 1.43. The van der Waals surface area contributed by atoms with Crippen molar-refractivity contribution in [3.63, 3.8) is 0 Å². The van der Waals surface area contributed by atoms with E-state index in [0.29, 0.717) is 17.8 Å². The standard InChI is InChI=1S/C24H32N8/c1-30(2)22(25)21-15-17-16-27-24(29-23(17)32(21)20-5-3-4-6-20)28-18-7-9-19(10-8-18)31-13-11-26-12-14-31/h7-10,15-16,20,25-26H,3-6,11-14H2,1-2H3,(H,27,28,29). The SMILES string of the molecule is CN(C)C(=N)c1cc2cnc(Nc3ccc(N4CCNCC4)cc3)nc2n1C1CCCC1. The van der Waals surface area contributed by atoms with Crippen LogP contribution in [0.2, 0.25) is 0 Å². The van der Waals surface area contributed by atoms with Crippen molar-refractivity contribution in [2.45, 2.75) is 31.7 Å². The van der Waals surface area contributed by atoms with Crippen molar-refractivity contribution in [3.8, 4) is 0 Å². The second-order valence-corrected chi connectivity index (χ2v) is 8.96. The summed E-state index contributed by atoms with van der Waals surface area (Å²) in [5.74, 6) is 1.10. The molecule has 0 unspecified atom stereocenters. The molecule has 1 aliphatic carbocycles. The van der Waals surface area contributed by atoms with E-state index in [4.69, 9.17) is 10.4 Å². The molecule has 0 spiro atoms. The quantitative estimate of drug-likeness (QED) is 0.422. The molecule has 2 fully saturated rings. The molecule has 168 valence electrons. The van der Waals surface area contributed by atoms with Gasteiger partial charge in [-0.05, 0) is 43.2 Å². The maximum absolute atomic E-state index is 8.59. The Morgan fingerprint density at radius 1 is 1.12 bits per heavy atom. The summed E-state index contributed by atoms with van der Waals surface area (Å²) in [6.45, 7) is 4.13. The first-order valence-corrected chi connectivity index (χ1v) is 11.6. The van der Waals surface area contributed by atoms with Crippen LogP contribution in [0, 0.1) is 5.41 Å². The molecule has 0 radical (unpaired) electrons. The van der Waals surface area contributed by atoms with Gasteiger partial charge in [0.15, 0.2) is 0 Å². The maximum Gasteiger partial charge on any atom is 0.229 e. The van der Waals surface area contributed by atoms with E-state index in [1.165, 1.54) is 18.5 Å². The summed E-state index contributed by atoms with van der Waals surface area (Å²) in [5.41, 5.74) is 4.05. The number of nitrogens with zero attached hydrogens (tertiary/aromatic N) is 5. The van der Waals surface area contributed by atoms with Gasteiger partial charge in [0.1, 0.15) is 11.5 Å². The van der Waals surface area contributed by atoms with Gasteiger partial charge in [0, 0.05) is 69.3 Å². The van der Waals surface area contributed by atoms with E-state index in [-0.39, 0.29) is 0 Å². The number of hydrogen-bond donors (Lipinski definition) is 3. The molecule has 3 heterocycles. The predicted octanol–water partition coefficient (Wildman–Crippen LogP) is 3.59. The summed E-state index contributed by atoms with van der Waals surface area (Å²) in [6.07, 6.45) is 6.61. The van der Waals surface area contributed by atoms with Crippen molar-refractivity contribution in [2.75, 3.05) is 50.5 Å². The van der Waals surface area contributed by atoms with Gasteiger partial charge in [0.2, 0.25) is 5.95 Å². The molecule has 2 aliphatic rings. The lowest BCUT2D eigenvalue weighted by atomic mass is 10.2. The second kappa shape index (κ2) is 8.78. The Hall–Kier alpha value is -3.13. The molecule has 1 saturated heterocycles. The number of amidine groups is 1. The largest absolute Gasteiger partial charge is 0.369 e. The first-order valence-electron chi connectivity index (χ1n) is 11.6. The van der Waals surface area contributed by atoms with E-state index in [1.54, 1.807) is 0 Å². The molecule has 8 heteroatoms. The maximum atomic E-state index is 8.59. The molecule has 3 N–H and O–H groups in total. The van der Waals surface area contributed by atoms with Gasteiger partial charge in [-0.2, -0.15) is 4.98 Å². The van der Waals surface area contributed by atoms with Crippen LogP contribution in [0.4, 0.5) is 17.3 Å². The van der Waals surface area contributed by atoms with Crippen molar-refractivity contribution in [3.05, 3.63) is 42.2 Å². The lowest BCUT2D eigenvalue weighted by Gasteiger charge is -2.29. The van der Waals surface area contributed by atoms with Crippen molar-refractivity contribution in [2.24, 2.45) is 0 Å². The number of benzene rings is 1. The molecule has 0 bridgehead atoms. The topological polar surface area (TPSA) is 85.1 Å². The van der Waals surface area contributed by atoms with E-state index in [9.17, 15) is 0 Å². The second-order valence-electron chi connectivity index (χ2n) is 8.96. The highest BCUT2D eigenvalue weighted by molar-refractivity contribution is 5.99. The third kappa shape index (κ3) is 4.02. The van der Waals surface area contributed by atoms with E-state index < -0.39 is 0 Å². The zero-order valence-electron chi connectivity index (χ0n) is 18.9. The van der Waals surface area contributed by atoms with E-state index in [0.717, 1.165) is 61.4 Å². The zero-order chi connectivity index (χ0) is 22.1. The third-order valence-electron chi connectivity index (χ3n) is 6.56. The fourth-order valence-corrected chi connectivity index (χ4v) is 4.82. The fraction of sp³-hybridized carbons (Fsp3) is 0.458. The van der Waals surface area contributed by atoms with Crippen LogP contribution in [0.25, 0.3) is 11.0 Å². The van der Waals surface area contributed by atoms with Crippen LogP contribution in [0.1, 0.15) is 37.4 Å². The molecule has 3 aromatic rings. The molecule has 5 rings (SSSR count). The molecule has 0 amide bonds. The first-order chi connectivity index (χ1) is 15.6. The zero-order valence-corrected chi connectivity index (χ0v) is 18.9. The Bertz CT molecular complexity index is 1090. The lowest BCUT2D eigenvalue weighted by molar-refractivity contribution is 0.520. The van der Waals surface area contributed by atoms with Crippen molar-refractivity contribution in [1.29, 1.82) is 5.41 Å². The molecule has 1 aromatic carbocycles. The van der Waals surface area contributed by atoms with Crippen molar-refractivity contribution >= 4 is 34.2 Å².